The molecule has 23 heavy (non-hydrogen) atoms. The summed E-state index contributed by atoms with van der Waals surface area (Å²) in [5, 5.41) is 0. The summed E-state index contributed by atoms with van der Waals surface area (Å²) in [6.07, 6.45) is 0. The lowest BCUT2D eigenvalue weighted by molar-refractivity contribution is -0.131. The molecule has 1 N–H and O–H groups in total. The van der Waals surface area contributed by atoms with Gasteiger partial charge in [0.1, 0.15) is 21.7 Å². The summed E-state index contributed by atoms with van der Waals surface area (Å²) in [5.74, 6) is -0.104. The van der Waals surface area contributed by atoms with Crippen molar-refractivity contribution in [2.45, 2.75) is 11.8 Å². The van der Waals surface area contributed by atoms with Gasteiger partial charge in [-0.25, -0.2) is 8.42 Å². The Kier molecular flexibility index (Phi) is 3.97. The number of aromatic nitrogens is 2. The predicted molar refractivity (Wildman–Crippen MR) is 86.0 cm³/mol. The second-order valence-electron chi connectivity index (χ2n) is 4.61. The number of esters is 1. The SMILES string of the molecule is CC(=O)Oc1ccc(NS(=O)(=O)c2cccc3nsnc23)cc1. The fraction of sp³-hybridized carbons (Fsp3) is 0.0714. The van der Waals surface area contributed by atoms with Crippen molar-refractivity contribution in [2.75, 3.05) is 4.72 Å². The van der Waals surface area contributed by atoms with Gasteiger partial charge in [-0.2, -0.15) is 8.75 Å². The van der Waals surface area contributed by atoms with Crippen molar-refractivity contribution in [1.29, 1.82) is 0 Å². The quantitative estimate of drug-likeness (QED) is 0.574. The molecular weight excluding hydrogens is 338 g/mol. The average Bonchev–Trinajstić information content (AvgIpc) is 2.96. The zero-order chi connectivity index (χ0) is 16.4. The first-order valence-electron chi connectivity index (χ1n) is 6.48. The fourth-order valence-corrected chi connectivity index (χ4v) is 3.79. The third-order valence-electron chi connectivity index (χ3n) is 2.91. The Morgan fingerprint density at radius 1 is 1.13 bits per heavy atom. The van der Waals surface area contributed by atoms with Crippen LogP contribution in [0.2, 0.25) is 0 Å². The number of anilines is 1. The zero-order valence-electron chi connectivity index (χ0n) is 11.9. The van der Waals surface area contributed by atoms with E-state index in [0.717, 1.165) is 11.7 Å². The Morgan fingerprint density at radius 2 is 1.87 bits per heavy atom. The maximum Gasteiger partial charge on any atom is 0.308 e. The molecule has 1 heterocycles. The molecule has 0 aliphatic carbocycles. The van der Waals surface area contributed by atoms with Gasteiger partial charge in [0.15, 0.2) is 0 Å². The average molecular weight is 349 g/mol. The number of rotatable bonds is 4. The van der Waals surface area contributed by atoms with Crippen molar-refractivity contribution in [1.82, 2.24) is 8.75 Å². The number of nitrogens with one attached hydrogen (secondary N) is 1. The van der Waals surface area contributed by atoms with Gasteiger partial charge >= 0.3 is 5.97 Å². The van der Waals surface area contributed by atoms with Crippen LogP contribution in [0.5, 0.6) is 5.75 Å². The number of benzene rings is 2. The maximum absolute atomic E-state index is 12.5. The molecule has 0 saturated carbocycles. The smallest absolute Gasteiger partial charge is 0.308 e. The van der Waals surface area contributed by atoms with E-state index in [0.29, 0.717) is 22.5 Å². The van der Waals surface area contributed by atoms with Crippen LogP contribution in [0.4, 0.5) is 5.69 Å². The number of sulfonamides is 1. The van der Waals surface area contributed by atoms with Gasteiger partial charge in [0.25, 0.3) is 10.0 Å². The topological polar surface area (TPSA) is 98.2 Å². The summed E-state index contributed by atoms with van der Waals surface area (Å²) in [5.41, 5.74) is 1.21. The lowest BCUT2D eigenvalue weighted by Gasteiger charge is -2.09. The summed E-state index contributed by atoms with van der Waals surface area (Å²) in [7, 11) is -3.80. The third-order valence-corrected chi connectivity index (χ3v) is 4.86. The van der Waals surface area contributed by atoms with E-state index in [2.05, 4.69) is 13.5 Å². The molecule has 0 amide bonds. The van der Waals surface area contributed by atoms with Crippen molar-refractivity contribution in [3.8, 4) is 5.75 Å². The molecule has 0 saturated heterocycles. The van der Waals surface area contributed by atoms with Crippen LogP contribution in [0.1, 0.15) is 6.92 Å². The van der Waals surface area contributed by atoms with Crippen molar-refractivity contribution in [3.05, 3.63) is 42.5 Å². The molecule has 0 atom stereocenters. The highest BCUT2D eigenvalue weighted by atomic mass is 32.2. The van der Waals surface area contributed by atoms with Gasteiger partial charge in [-0.15, -0.1) is 0 Å². The van der Waals surface area contributed by atoms with Crippen LogP contribution in [0, 0.1) is 0 Å². The molecule has 3 rings (SSSR count). The molecule has 7 nitrogen and oxygen atoms in total. The first-order chi connectivity index (χ1) is 11.0. The Morgan fingerprint density at radius 3 is 2.57 bits per heavy atom. The Hall–Kier alpha value is -2.52. The number of carbonyl (C=O) groups excluding carboxylic acids is 1. The molecule has 0 bridgehead atoms. The Labute approximate surface area is 136 Å². The molecule has 0 unspecified atom stereocenters. The zero-order valence-corrected chi connectivity index (χ0v) is 13.5. The van der Waals surface area contributed by atoms with E-state index in [1.54, 1.807) is 12.1 Å². The molecule has 1 aromatic heterocycles. The maximum atomic E-state index is 12.5. The Bertz CT molecular complexity index is 965. The number of ether oxygens (including phenoxy) is 1. The third kappa shape index (κ3) is 3.30. The van der Waals surface area contributed by atoms with Crippen LogP contribution in [-0.4, -0.2) is 23.1 Å². The molecule has 9 heteroatoms. The molecule has 0 aliphatic heterocycles. The van der Waals surface area contributed by atoms with Gasteiger partial charge in [-0.05, 0) is 36.4 Å². The first kappa shape index (κ1) is 15.4. The van der Waals surface area contributed by atoms with E-state index in [4.69, 9.17) is 4.74 Å². The summed E-state index contributed by atoms with van der Waals surface area (Å²) >= 11 is 0.956. The van der Waals surface area contributed by atoms with Crippen molar-refractivity contribution >= 4 is 44.4 Å². The van der Waals surface area contributed by atoms with E-state index in [-0.39, 0.29) is 4.90 Å². The number of nitrogens with zero attached hydrogens (tertiary/aromatic N) is 2. The molecule has 0 fully saturated rings. The van der Waals surface area contributed by atoms with Gasteiger partial charge in [0, 0.05) is 12.6 Å². The lowest BCUT2D eigenvalue weighted by Crippen LogP contribution is -2.13. The van der Waals surface area contributed by atoms with Gasteiger partial charge in [0.05, 0.1) is 11.7 Å². The normalized spacial score (nSPS) is 11.3. The minimum atomic E-state index is -3.80. The number of hydrogen-bond donors (Lipinski definition) is 1. The van der Waals surface area contributed by atoms with Gasteiger partial charge in [0.2, 0.25) is 0 Å². The minimum absolute atomic E-state index is 0.0628. The summed E-state index contributed by atoms with van der Waals surface area (Å²) < 4.78 is 40.5. The summed E-state index contributed by atoms with van der Waals surface area (Å²) in [6.45, 7) is 1.29. The van der Waals surface area contributed by atoms with Crippen LogP contribution >= 0.6 is 11.7 Å². The highest BCUT2D eigenvalue weighted by molar-refractivity contribution is 7.93. The van der Waals surface area contributed by atoms with E-state index >= 15 is 0 Å². The van der Waals surface area contributed by atoms with Crippen molar-refractivity contribution < 1.29 is 17.9 Å². The second kappa shape index (κ2) is 5.94. The van der Waals surface area contributed by atoms with Gasteiger partial charge in [-0.3, -0.25) is 9.52 Å². The van der Waals surface area contributed by atoms with E-state index < -0.39 is 16.0 Å². The number of hydrogen-bond acceptors (Lipinski definition) is 7. The standard InChI is InChI=1S/C14H11N3O4S2/c1-9(18)21-11-7-5-10(6-8-11)17-23(19,20)13-4-2-3-12-14(13)16-22-15-12/h2-8,17H,1H3. The summed E-state index contributed by atoms with van der Waals surface area (Å²) in [6, 6.07) is 10.8. The van der Waals surface area contributed by atoms with E-state index in [1.165, 1.54) is 37.3 Å². The molecule has 0 aliphatic rings. The molecule has 0 radical (unpaired) electrons. The van der Waals surface area contributed by atoms with Crippen LogP contribution in [0.3, 0.4) is 0 Å². The highest BCUT2D eigenvalue weighted by Gasteiger charge is 2.19. The number of carbonyl (C=O) groups is 1. The highest BCUT2D eigenvalue weighted by Crippen LogP contribution is 2.24. The first-order valence-corrected chi connectivity index (χ1v) is 8.70. The summed E-state index contributed by atoms with van der Waals surface area (Å²) in [4.78, 5) is 10.9. The minimum Gasteiger partial charge on any atom is -0.427 e. The van der Waals surface area contributed by atoms with Crippen molar-refractivity contribution in [3.63, 3.8) is 0 Å². The predicted octanol–water partition coefficient (Wildman–Crippen LogP) is 2.42. The van der Waals surface area contributed by atoms with Crippen LogP contribution < -0.4 is 9.46 Å². The molecule has 2 aromatic carbocycles. The Balaban J connectivity index is 1.89. The number of fused-ring (bicyclic) bond motifs is 1. The monoisotopic (exact) mass is 349 g/mol. The second-order valence-corrected chi connectivity index (χ2v) is 6.79. The van der Waals surface area contributed by atoms with E-state index in [1.807, 2.05) is 0 Å². The molecular formula is C14H11N3O4S2. The van der Waals surface area contributed by atoms with Crippen LogP contribution in [0.25, 0.3) is 11.0 Å². The van der Waals surface area contributed by atoms with E-state index in [9.17, 15) is 13.2 Å². The largest absolute Gasteiger partial charge is 0.427 e. The van der Waals surface area contributed by atoms with Crippen LogP contribution in [0.15, 0.2) is 47.4 Å². The van der Waals surface area contributed by atoms with Crippen molar-refractivity contribution in [2.24, 2.45) is 0 Å². The lowest BCUT2D eigenvalue weighted by atomic mass is 10.3. The molecule has 0 spiro atoms. The van der Waals surface area contributed by atoms with Crippen LogP contribution in [-0.2, 0) is 14.8 Å². The van der Waals surface area contributed by atoms with Gasteiger partial charge in [-0.1, -0.05) is 6.07 Å². The molecule has 118 valence electrons. The fourth-order valence-electron chi connectivity index (χ4n) is 1.97. The van der Waals surface area contributed by atoms with Gasteiger partial charge < -0.3 is 4.74 Å². The molecule has 3 aromatic rings.